The monoisotopic (exact) mass is 940 g/mol. The van der Waals surface area contributed by atoms with Crippen LogP contribution in [0.15, 0.2) is 18.2 Å². The number of amides is 4. The van der Waals surface area contributed by atoms with E-state index in [1.165, 1.54) is 39.2 Å². The standard InChI is InChI=1S/C46H60N4O17/c1-19(2)13-26(48-31(53)11-12-32(54)55)44(62)47-21(5)43(61)50-27(14-20(3)4)45(63)49-25-15-33(66-22(6)38(25)56)67-29-17-46(64,30(52)18-51)16-24-35(29)42(60)37-36(40(24)58)39(57)23-9-8-10-28(65-7)34(23)41(37)59/h8-10,19-22,25-27,29,33,38,51,56,58,60,64H,11-18H2,1-7H3,(H,47,62)(H,48,53)(H,49,63)(H,50,61)(H,54,55)/t21-,22-,25-,26-,27-,29-,33-,38+,46-/m0/s1. The highest BCUT2D eigenvalue weighted by Crippen LogP contribution is 2.52. The number of hydrogen-bond acceptors (Lipinski definition) is 16. The Bertz CT molecular complexity index is 2300. The largest absolute Gasteiger partial charge is 0.507 e. The van der Waals surface area contributed by atoms with E-state index in [4.69, 9.17) is 19.3 Å². The van der Waals surface area contributed by atoms with Gasteiger partial charge in [0.15, 0.2) is 17.9 Å². The van der Waals surface area contributed by atoms with E-state index in [0.29, 0.717) is 0 Å². The molecule has 4 amide bonds. The molecule has 3 aliphatic rings. The van der Waals surface area contributed by atoms with Crippen molar-refractivity contribution in [2.45, 2.75) is 141 Å². The van der Waals surface area contributed by atoms with Crippen LogP contribution >= 0.6 is 0 Å². The molecule has 1 heterocycles. The fourth-order valence-corrected chi connectivity index (χ4v) is 8.71. The Morgan fingerprint density at radius 3 is 2.07 bits per heavy atom. The van der Waals surface area contributed by atoms with E-state index in [9.17, 15) is 63.9 Å². The first-order valence-electron chi connectivity index (χ1n) is 22.1. The number of hydrogen-bond donors (Lipinski definition) is 10. The minimum Gasteiger partial charge on any atom is -0.507 e. The van der Waals surface area contributed by atoms with E-state index in [1.54, 1.807) is 13.8 Å². The third kappa shape index (κ3) is 11.4. The Labute approximate surface area is 385 Å². The molecule has 2 aromatic rings. The van der Waals surface area contributed by atoms with Gasteiger partial charge < -0.3 is 66.1 Å². The van der Waals surface area contributed by atoms with E-state index in [-0.39, 0.29) is 65.5 Å². The van der Waals surface area contributed by atoms with Gasteiger partial charge in [-0.2, -0.15) is 0 Å². The number of phenols is 2. The van der Waals surface area contributed by atoms with Crippen LogP contribution in [0.5, 0.6) is 17.2 Å². The number of Topliss-reactive ketones (excluding diaryl/α,β-unsaturated/α-hetero) is 1. The number of aliphatic carboxylic acids is 1. The highest BCUT2D eigenvalue weighted by atomic mass is 16.7. The lowest BCUT2D eigenvalue weighted by Crippen LogP contribution is -2.60. The van der Waals surface area contributed by atoms with Crippen molar-refractivity contribution in [3.8, 4) is 17.2 Å². The number of carbonyl (C=O) groups is 8. The van der Waals surface area contributed by atoms with Crippen LogP contribution in [0.25, 0.3) is 0 Å². The normalized spacial score (nSPS) is 23.5. The number of methoxy groups -OCH3 is 1. The van der Waals surface area contributed by atoms with Crippen LogP contribution in [-0.4, -0.2) is 140 Å². The van der Waals surface area contributed by atoms with E-state index in [0.717, 1.165) is 0 Å². The number of fused-ring (bicyclic) bond motifs is 3. The van der Waals surface area contributed by atoms with Crippen LogP contribution in [-0.2, 0) is 44.7 Å². The van der Waals surface area contributed by atoms with Crippen molar-refractivity contribution in [2.75, 3.05) is 13.7 Å². The molecule has 0 bridgehead atoms. The SMILES string of the molecule is COc1cccc2c1C(=O)c1c(O)c3c(c(O)c1C2=O)C[C@@](O)(C(=O)CO)C[C@@H]3O[C@H]1C[C@H](NC(=O)[C@H](CC(C)C)NC(=O)[C@H](C)NC(=O)[C@H](CC(C)C)NC(=O)CCC(=O)O)[C@H](O)[C@H](C)O1. The molecule has 0 saturated carbocycles. The fourth-order valence-electron chi connectivity index (χ4n) is 8.71. The molecule has 9 atom stereocenters. The smallest absolute Gasteiger partial charge is 0.303 e. The Kier molecular flexibility index (Phi) is 16.5. The first-order chi connectivity index (χ1) is 31.4. The summed E-state index contributed by atoms with van der Waals surface area (Å²) in [6, 6.07) is -0.418. The number of nitrogens with one attached hydrogen (secondary N) is 4. The molecule has 1 saturated heterocycles. The maximum absolute atomic E-state index is 14.1. The summed E-state index contributed by atoms with van der Waals surface area (Å²) >= 11 is 0. The number of ether oxygens (including phenoxy) is 3. The van der Waals surface area contributed by atoms with Crippen molar-refractivity contribution in [2.24, 2.45) is 11.8 Å². The molecule has 0 spiro atoms. The van der Waals surface area contributed by atoms with Crippen molar-refractivity contribution in [3.63, 3.8) is 0 Å². The highest BCUT2D eigenvalue weighted by molar-refractivity contribution is 6.31. The molecule has 0 unspecified atom stereocenters. The second-order valence-corrected chi connectivity index (χ2v) is 18.2. The topological polar surface area (TPSA) is 334 Å². The molecular weight excluding hydrogens is 881 g/mol. The van der Waals surface area contributed by atoms with Crippen molar-refractivity contribution in [3.05, 3.63) is 51.6 Å². The number of ketones is 3. The molecule has 0 radical (unpaired) electrons. The maximum Gasteiger partial charge on any atom is 0.303 e. The summed E-state index contributed by atoms with van der Waals surface area (Å²) in [5, 5.41) is 75.7. The second kappa shape index (κ2) is 21.3. The molecule has 5 rings (SSSR count). The molecule has 366 valence electrons. The Morgan fingerprint density at radius 1 is 0.851 bits per heavy atom. The zero-order valence-electron chi connectivity index (χ0n) is 38.3. The van der Waals surface area contributed by atoms with E-state index >= 15 is 0 Å². The van der Waals surface area contributed by atoms with Crippen molar-refractivity contribution < 1.29 is 83.2 Å². The number of aromatic hydroxyl groups is 2. The van der Waals surface area contributed by atoms with Gasteiger partial charge in [-0.3, -0.25) is 38.4 Å². The number of aliphatic hydroxyl groups is 3. The third-order valence-corrected chi connectivity index (χ3v) is 12.1. The molecule has 10 N–H and O–H groups in total. The van der Waals surface area contributed by atoms with E-state index < -0.39 is 150 Å². The lowest BCUT2D eigenvalue weighted by molar-refractivity contribution is -0.249. The number of carboxylic acid groups (broad SMARTS) is 1. The molecule has 21 nitrogen and oxygen atoms in total. The summed E-state index contributed by atoms with van der Waals surface area (Å²) in [5.74, 6) is -8.67. The highest BCUT2D eigenvalue weighted by Gasteiger charge is 2.50. The first kappa shape index (κ1) is 52.0. The summed E-state index contributed by atoms with van der Waals surface area (Å²) in [4.78, 5) is 105. The van der Waals surface area contributed by atoms with Crippen molar-refractivity contribution in [1.82, 2.24) is 21.3 Å². The van der Waals surface area contributed by atoms with Gasteiger partial charge in [0.05, 0.1) is 48.5 Å². The second-order valence-electron chi connectivity index (χ2n) is 18.2. The molecule has 21 heteroatoms. The van der Waals surface area contributed by atoms with Crippen LogP contribution in [0.2, 0.25) is 0 Å². The average molecular weight is 941 g/mol. The predicted octanol–water partition coefficient (Wildman–Crippen LogP) is 0.590. The zero-order valence-corrected chi connectivity index (χ0v) is 38.3. The van der Waals surface area contributed by atoms with Gasteiger partial charge in [0.1, 0.15) is 53.7 Å². The maximum atomic E-state index is 14.1. The summed E-state index contributed by atoms with van der Waals surface area (Å²) in [6.45, 7) is 8.91. The molecule has 2 aliphatic carbocycles. The quantitative estimate of drug-likeness (QED) is 0.0735. The fraction of sp³-hybridized carbons (Fsp3) is 0.565. The van der Waals surface area contributed by atoms with E-state index in [2.05, 4.69) is 21.3 Å². The molecule has 1 aliphatic heterocycles. The van der Waals surface area contributed by atoms with Gasteiger partial charge in [-0.25, -0.2) is 0 Å². The van der Waals surface area contributed by atoms with Gasteiger partial charge in [-0.05, 0) is 44.6 Å². The average Bonchev–Trinajstić information content (AvgIpc) is 3.25. The molecule has 0 aromatic heterocycles. The number of carbonyl (C=O) groups excluding carboxylic acids is 7. The molecule has 2 aromatic carbocycles. The van der Waals surface area contributed by atoms with Gasteiger partial charge in [-0.1, -0.05) is 39.8 Å². The predicted molar refractivity (Wildman–Crippen MR) is 233 cm³/mol. The molecular formula is C46H60N4O17. The van der Waals surface area contributed by atoms with Crippen LogP contribution in [0.4, 0.5) is 0 Å². The zero-order chi connectivity index (χ0) is 49.8. The van der Waals surface area contributed by atoms with Crippen LogP contribution in [0, 0.1) is 11.8 Å². The Balaban J connectivity index is 1.37. The van der Waals surface area contributed by atoms with Gasteiger partial charge in [-0.15, -0.1) is 0 Å². The first-order valence-corrected chi connectivity index (χ1v) is 22.1. The minimum absolute atomic E-state index is 0.0198. The minimum atomic E-state index is -2.43. The molecule has 67 heavy (non-hydrogen) atoms. The summed E-state index contributed by atoms with van der Waals surface area (Å²) in [5.41, 5.74) is -4.46. The lowest BCUT2D eigenvalue weighted by atomic mass is 9.72. The van der Waals surface area contributed by atoms with Crippen molar-refractivity contribution in [1.29, 1.82) is 0 Å². The van der Waals surface area contributed by atoms with Gasteiger partial charge in [0.25, 0.3) is 0 Å². The number of carboxylic acids is 1. The Morgan fingerprint density at radius 2 is 1.48 bits per heavy atom. The van der Waals surface area contributed by atoms with Gasteiger partial charge in [0, 0.05) is 42.4 Å². The lowest BCUT2D eigenvalue weighted by Gasteiger charge is -2.43. The summed E-state index contributed by atoms with van der Waals surface area (Å²) < 4.78 is 17.6. The van der Waals surface area contributed by atoms with Gasteiger partial charge >= 0.3 is 5.97 Å². The number of aliphatic hydroxyl groups excluding tert-OH is 2. The van der Waals surface area contributed by atoms with Crippen LogP contribution in [0.1, 0.15) is 129 Å². The summed E-state index contributed by atoms with van der Waals surface area (Å²) in [6.07, 6.45) is -7.56. The Hall–Kier alpha value is -6.00. The molecule has 1 fully saturated rings. The van der Waals surface area contributed by atoms with Crippen LogP contribution < -0.4 is 26.0 Å². The summed E-state index contributed by atoms with van der Waals surface area (Å²) in [7, 11) is 1.28. The number of benzene rings is 2. The number of rotatable bonds is 19. The third-order valence-electron chi connectivity index (χ3n) is 12.1. The van der Waals surface area contributed by atoms with Crippen molar-refractivity contribution >= 4 is 46.9 Å². The van der Waals surface area contributed by atoms with Gasteiger partial charge in [0.2, 0.25) is 29.4 Å². The van der Waals surface area contributed by atoms with Crippen LogP contribution in [0.3, 0.4) is 0 Å². The van der Waals surface area contributed by atoms with E-state index in [1.807, 2.05) is 13.8 Å². The number of phenolic OH excluding ortho intramolecular Hbond substituents is 2.